The van der Waals surface area contributed by atoms with Crippen molar-refractivity contribution in [1.82, 2.24) is 14.9 Å². The van der Waals surface area contributed by atoms with Gasteiger partial charge in [-0.05, 0) is 29.8 Å². The first-order chi connectivity index (χ1) is 12.6. The van der Waals surface area contributed by atoms with Crippen molar-refractivity contribution in [3.8, 4) is 11.1 Å². The molecule has 0 saturated carbocycles. The summed E-state index contributed by atoms with van der Waals surface area (Å²) >= 11 is 7.35. The maximum absolute atomic E-state index is 12.0. The van der Waals surface area contributed by atoms with E-state index in [-0.39, 0.29) is 11.4 Å². The first kappa shape index (κ1) is 19.9. The molecule has 3 rings (SSSR count). The number of rotatable bonds is 5. The van der Waals surface area contributed by atoms with Gasteiger partial charge in [0, 0.05) is 25.2 Å². The topological polar surface area (TPSA) is 107 Å². The summed E-state index contributed by atoms with van der Waals surface area (Å²) in [6.07, 6.45) is 0. The van der Waals surface area contributed by atoms with Crippen molar-refractivity contribution in [2.45, 2.75) is 5.16 Å². The van der Waals surface area contributed by atoms with Crippen LogP contribution < -0.4 is 0 Å². The van der Waals surface area contributed by atoms with Gasteiger partial charge in [0.15, 0.2) is 5.16 Å². The molecule has 0 aliphatic rings. The lowest BCUT2D eigenvalue weighted by Crippen LogP contribution is -2.21. The van der Waals surface area contributed by atoms with E-state index in [0.29, 0.717) is 26.8 Å². The van der Waals surface area contributed by atoms with Crippen LogP contribution in [-0.4, -0.2) is 50.2 Å². The highest BCUT2D eigenvalue weighted by molar-refractivity contribution is 8.04. The van der Waals surface area contributed by atoms with Gasteiger partial charge in [0.25, 0.3) is 5.91 Å². The number of carbonyl (C=O) groups excluding carboxylic acids is 1. The van der Waals surface area contributed by atoms with E-state index in [1.54, 1.807) is 38.4 Å². The van der Waals surface area contributed by atoms with Gasteiger partial charge in [0.05, 0.1) is 16.1 Å². The first-order valence-corrected chi connectivity index (χ1v) is 11.0. The zero-order valence-corrected chi connectivity index (χ0v) is 17.0. The molecule has 0 radical (unpaired) electrons. The minimum atomic E-state index is -4.12. The van der Waals surface area contributed by atoms with Crippen LogP contribution in [0.3, 0.4) is 0 Å². The maximum atomic E-state index is 12.0. The molecule has 1 aromatic heterocycles. The van der Waals surface area contributed by atoms with Crippen LogP contribution in [0, 0.1) is 0 Å². The number of amides is 1. The normalized spacial score (nSPS) is 11.7. The number of aromatic amines is 1. The lowest BCUT2D eigenvalue weighted by molar-refractivity contribution is 0.0827. The smallest absolute Gasteiger partial charge is 0.335 e. The number of aromatic nitrogens is 2. The van der Waals surface area contributed by atoms with Crippen molar-refractivity contribution >= 4 is 47.9 Å². The molecule has 0 fully saturated rings. The summed E-state index contributed by atoms with van der Waals surface area (Å²) in [6, 6.07) is 10.6. The van der Waals surface area contributed by atoms with E-state index in [1.807, 2.05) is 12.1 Å². The summed E-state index contributed by atoms with van der Waals surface area (Å²) in [5, 5.41) is 0.915. The number of hydrogen-bond donors (Lipinski definition) is 3. The fraction of sp³-hybridized carbons (Fsp3) is 0.176. The lowest BCUT2D eigenvalue weighted by Gasteiger charge is -2.11. The molecule has 27 heavy (non-hydrogen) atoms. The molecule has 0 unspecified atom stereocenters. The highest BCUT2D eigenvalue weighted by atomic mass is 35.5. The molecule has 0 saturated heterocycles. The van der Waals surface area contributed by atoms with Crippen LogP contribution in [0.4, 0.5) is 0 Å². The molecule has 3 aromatic rings. The number of hydrogen-bond acceptors (Lipinski definition) is 4. The SMILES string of the molecule is CN(C)C(=O)c1ccc(-c2cc3nc(SCP(=O)(O)O)[nH]c3cc2Cl)cc1. The second kappa shape index (κ2) is 7.66. The minimum absolute atomic E-state index is 0.0814. The van der Waals surface area contributed by atoms with Crippen molar-refractivity contribution < 1.29 is 19.1 Å². The summed E-state index contributed by atoms with van der Waals surface area (Å²) in [5.74, 6) is -0.0814. The Bertz CT molecular complexity index is 1050. The Morgan fingerprint density at radius 1 is 1.26 bits per heavy atom. The molecule has 0 bridgehead atoms. The number of H-pyrrole nitrogens is 1. The Morgan fingerprint density at radius 3 is 2.52 bits per heavy atom. The van der Waals surface area contributed by atoms with E-state index in [4.69, 9.17) is 21.4 Å². The summed E-state index contributed by atoms with van der Waals surface area (Å²) in [7, 11) is -0.725. The van der Waals surface area contributed by atoms with Crippen LogP contribution >= 0.6 is 31.0 Å². The van der Waals surface area contributed by atoms with E-state index in [2.05, 4.69) is 9.97 Å². The first-order valence-electron chi connectivity index (χ1n) is 7.83. The molecular formula is C17H17ClN3O4PS. The predicted octanol–water partition coefficient (Wildman–Crippen LogP) is 3.81. The van der Waals surface area contributed by atoms with Gasteiger partial charge in [0.2, 0.25) is 0 Å². The quantitative estimate of drug-likeness (QED) is 0.424. The van der Waals surface area contributed by atoms with Gasteiger partial charge in [-0.2, -0.15) is 0 Å². The standard InChI is InChI=1S/C17H17ClN3O4PS/c1-21(2)16(22)11-5-3-10(4-6-11)12-7-14-15(8-13(12)18)20-17(19-14)27-9-26(23,24)25/h3-8H,9H2,1-2H3,(H,19,20)(H2,23,24,25). The van der Waals surface area contributed by atoms with Gasteiger partial charge in [0.1, 0.15) is 5.49 Å². The van der Waals surface area contributed by atoms with Gasteiger partial charge in [-0.25, -0.2) is 4.98 Å². The fourth-order valence-electron chi connectivity index (χ4n) is 2.49. The van der Waals surface area contributed by atoms with E-state index in [1.165, 1.54) is 4.90 Å². The van der Waals surface area contributed by atoms with Crippen molar-refractivity contribution in [3.05, 3.63) is 47.0 Å². The molecule has 0 aliphatic carbocycles. The zero-order valence-electron chi connectivity index (χ0n) is 14.5. The Balaban J connectivity index is 1.91. The zero-order chi connectivity index (χ0) is 19.8. The Labute approximate surface area is 164 Å². The molecule has 1 amide bonds. The third-order valence-corrected chi connectivity index (χ3v) is 6.41. The van der Waals surface area contributed by atoms with E-state index >= 15 is 0 Å². The van der Waals surface area contributed by atoms with Crippen LogP contribution in [0.1, 0.15) is 10.4 Å². The van der Waals surface area contributed by atoms with Crippen LogP contribution in [0.25, 0.3) is 22.2 Å². The largest absolute Gasteiger partial charge is 0.345 e. The van der Waals surface area contributed by atoms with E-state index in [9.17, 15) is 9.36 Å². The summed E-state index contributed by atoms with van der Waals surface area (Å²) in [4.78, 5) is 38.8. The number of thioether (sulfide) groups is 1. The van der Waals surface area contributed by atoms with Crippen molar-refractivity contribution in [1.29, 1.82) is 0 Å². The van der Waals surface area contributed by atoms with Crippen molar-refractivity contribution in [2.75, 3.05) is 19.6 Å². The van der Waals surface area contributed by atoms with Gasteiger partial charge < -0.3 is 19.7 Å². The van der Waals surface area contributed by atoms with Gasteiger partial charge in [-0.3, -0.25) is 9.36 Å². The highest BCUT2D eigenvalue weighted by Gasteiger charge is 2.16. The molecule has 0 spiro atoms. The molecule has 7 nitrogen and oxygen atoms in total. The summed E-state index contributed by atoms with van der Waals surface area (Å²) in [6.45, 7) is 0. The highest BCUT2D eigenvalue weighted by Crippen LogP contribution is 2.41. The van der Waals surface area contributed by atoms with Crippen molar-refractivity contribution in [2.24, 2.45) is 0 Å². The van der Waals surface area contributed by atoms with E-state index in [0.717, 1.165) is 22.9 Å². The Morgan fingerprint density at radius 2 is 1.93 bits per heavy atom. The van der Waals surface area contributed by atoms with Crippen LogP contribution in [0.5, 0.6) is 0 Å². The number of imidazole rings is 1. The van der Waals surface area contributed by atoms with Crippen LogP contribution in [-0.2, 0) is 4.57 Å². The van der Waals surface area contributed by atoms with E-state index < -0.39 is 7.60 Å². The molecule has 142 valence electrons. The lowest BCUT2D eigenvalue weighted by atomic mass is 10.0. The monoisotopic (exact) mass is 425 g/mol. The third kappa shape index (κ3) is 4.72. The molecule has 1 heterocycles. The van der Waals surface area contributed by atoms with Gasteiger partial charge in [-0.1, -0.05) is 35.5 Å². The molecule has 2 aromatic carbocycles. The van der Waals surface area contributed by atoms with Gasteiger partial charge in [-0.15, -0.1) is 0 Å². The van der Waals surface area contributed by atoms with Gasteiger partial charge >= 0.3 is 7.60 Å². The molecule has 10 heteroatoms. The molecule has 0 atom stereocenters. The average Bonchev–Trinajstić information content (AvgIpc) is 3.00. The number of fused-ring (bicyclic) bond motifs is 1. The number of carbonyl (C=O) groups is 1. The fourth-order valence-corrected chi connectivity index (χ4v) is 4.27. The maximum Gasteiger partial charge on any atom is 0.335 e. The number of benzene rings is 2. The van der Waals surface area contributed by atoms with Crippen molar-refractivity contribution in [3.63, 3.8) is 0 Å². The average molecular weight is 426 g/mol. The second-order valence-corrected chi connectivity index (χ2v) is 9.55. The molecule has 3 N–H and O–H groups in total. The molecular weight excluding hydrogens is 409 g/mol. The predicted molar refractivity (Wildman–Crippen MR) is 107 cm³/mol. The summed E-state index contributed by atoms with van der Waals surface area (Å²) < 4.78 is 11.0. The number of halogens is 1. The molecule has 0 aliphatic heterocycles. The minimum Gasteiger partial charge on any atom is -0.345 e. The third-order valence-electron chi connectivity index (χ3n) is 3.77. The second-order valence-electron chi connectivity index (χ2n) is 6.11. The Hall–Kier alpha value is -1.83. The number of nitrogens with zero attached hydrogens (tertiary/aromatic N) is 2. The van der Waals surface area contributed by atoms with Crippen LogP contribution in [0.2, 0.25) is 5.02 Å². The van der Waals surface area contributed by atoms with Crippen LogP contribution in [0.15, 0.2) is 41.6 Å². The Kier molecular flexibility index (Phi) is 5.65. The summed E-state index contributed by atoms with van der Waals surface area (Å²) in [5.41, 5.74) is 3.13. The number of nitrogens with one attached hydrogen (secondary N) is 1.